The van der Waals surface area contributed by atoms with Gasteiger partial charge in [0.15, 0.2) is 12.6 Å². The Kier molecular flexibility index (Phi) is 41.0. The maximum absolute atomic E-state index is 13.1. The van der Waals surface area contributed by atoms with Gasteiger partial charge in [0.1, 0.15) is 48.8 Å². The number of hydrogen-bond acceptors (Lipinski definition) is 13. The predicted molar refractivity (Wildman–Crippen MR) is 290 cm³/mol. The molecule has 14 nitrogen and oxygen atoms in total. The molecule has 2 rings (SSSR count). The first-order valence-corrected chi connectivity index (χ1v) is 29.0. The minimum atomic E-state index is -1.79. The Labute approximate surface area is 441 Å². The molecular formula is C59H105NO13. The van der Waals surface area contributed by atoms with Crippen molar-refractivity contribution in [2.75, 3.05) is 19.8 Å². The third kappa shape index (κ3) is 30.9. The van der Waals surface area contributed by atoms with Crippen LogP contribution in [0.25, 0.3) is 0 Å². The van der Waals surface area contributed by atoms with Gasteiger partial charge in [-0.05, 0) is 57.8 Å². The highest BCUT2D eigenvalue weighted by molar-refractivity contribution is 5.76. The molecule has 0 saturated carbocycles. The van der Waals surface area contributed by atoms with E-state index in [2.05, 4.69) is 67.8 Å². The fourth-order valence-electron chi connectivity index (χ4n) is 9.28. The van der Waals surface area contributed by atoms with Crippen LogP contribution in [-0.2, 0) is 23.7 Å². The highest BCUT2D eigenvalue weighted by atomic mass is 16.7. The summed E-state index contributed by atoms with van der Waals surface area (Å²) < 4.78 is 22.6. The number of aliphatic hydroxyl groups is 8. The summed E-state index contributed by atoms with van der Waals surface area (Å²) >= 11 is 0. The molecule has 2 saturated heterocycles. The van der Waals surface area contributed by atoms with E-state index >= 15 is 0 Å². The maximum atomic E-state index is 13.1. The molecular weight excluding hydrogens is 931 g/mol. The van der Waals surface area contributed by atoms with Crippen molar-refractivity contribution in [3.63, 3.8) is 0 Å². The van der Waals surface area contributed by atoms with E-state index in [4.69, 9.17) is 18.9 Å². The Bertz CT molecular complexity index is 1450. The molecule has 424 valence electrons. The zero-order valence-corrected chi connectivity index (χ0v) is 45.4. The second kappa shape index (κ2) is 44.8. The molecule has 0 spiro atoms. The van der Waals surface area contributed by atoms with Gasteiger partial charge < -0.3 is 65.1 Å². The maximum Gasteiger partial charge on any atom is 0.220 e. The number of hydrogen-bond donors (Lipinski definition) is 9. The molecule has 0 aliphatic carbocycles. The van der Waals surface area contributed by atoms with E-state index < -0.39 is 86.8 Å². The van der Waals surface area contributed by atoms with Gasteiger partial charge in [0, 0.05) is 6.42 Å². The van der Waals surface area contributed by atoms with Crippen LogP contribution in [0.3, 0.4) is 0 Å². The van der Waals surface area contributed by atoms with Crippen LogP contribution in [-0.4, -0.2) is 140 Å². The van der Waals surface area contributed by atoms with Crippen molar-refractivity contribution in [2.24, 2.45) is 0 Å². The normalized spacial score (nSPS) is 25.8. The number of carbonyl (C=O) groups is 1. The Morgan fingerprint density at radius 3 is 1.45 bits per heavy atom. The van der Waals surface area contributed by atoms with Gasteiger partial charge in [-0.1, -0.05) is 209 Å². The molecule has 12 unspecified atom stereocenters. The molecule has 0 bridgehead atoms. The summed E-state index contributed by atoms with van der Waals surface area (Å²) in [6.07, 6.45) is 40.5. The number of rotatable bonds is 45. The highest BCUT2D eigenvalue weighted by Gasteiger charge is 2.51. The van der Waals surface area contributed by atoms with Gasteiger partial charge in [-0.25, -0.2) is 0 Å². The monoisotopic (exact) mass is 1040 g/mol. The van der Waals surface area contributed by atoms with Crippen LogP contribution in [0, 0.1) is 0 Å². The van der Waals surface area contributed by atoms with Crippen LogP contribution in [0.2, 0.25) is 0 Å². The molecule has 2 aliphatic rings. The summed E-state index contributed by atoms with van der Waals surface area (Å²) in [5.41, 5.74) is 0. The average Bonchev–Trinajstić information content (AvgIpc) is 3.39. The topological polar surface area (TPSA) is 228 Å². The summed E-state index contributed by atoms with van der Waals surface area (Å²) in [5, 5.41) is 86.5. The lowest BCUT2D eigenvalue weighted by atomic mass is 9.97. The number of nitrogens with one attached hydrogen (secondary N) is 1. The Morgan fingerprint density at radius 2 is 0.945 bits per heavy atom. The lowest BCUT2D eigenvalue weighted by Crippen LogP contribution is -2.65. The SMILES string of the molecule is CC/C=C\C/C=C\C/C=C\C/C=C\CCCCCCCCCCCCCCCCCCCCCCC(=O)NC(COC1OC(CO)C(OC2OC(CO)C(O)C(O)C2O)C(O)C1O)C(O)/C=C/CCCCCC. The first-order chi connectivity index (χ1) is 35.6. The predicted octanol–water partition coefficient (Wildman–Crippen LogP) is 9.39. The van der Waals surface area contributed by atoms with Gasteiger partial charge in [-0.2, -0.15) is 0 Å². The van der Waals surface area contributed by atoms with Crippen LogP contribution in [0.15, 0.2) is 60.8 Å². The zero-order chi connectivity index (χ0) is 53.2. The number of allylic oxidation sites excluding steroid dienone is 9. The second-order valence-corrected chi connectivity index (χ2v) is 20.4. The van der Waals surface area contributed by atoms with Crippen LogP contribution < -0.4 is 5.32 Å². The van der Waals surface area contributed by atoms with Crippen LogP contribution >= 0.6 is 0 Å². The molecule has 0 aromatic heterocycles. The fourth-order valence-corrected chi connectivity index (χ4v) is 9.28. The summed E-state index contributed by atoms with van der Waals surface area (Å²) in [5.74, 6) is -0.245. The van der Waals surface area contributed by atoms with E-state index in [1.54, 1.807) is 6.08 Å². The summed E-state index contributed by atoms with van der Waals surface area (Å²) in [6, 6.07) is -0.911. The van der Waals surface area contributed by atoms with Gasteiger partial charge in [0.05, 0.1) is 32.0 Å². The lowest BCUT2D eigenvalue weighted by molar-refractivity contribution is -0.359. The quantitative estimate of drug-likeness (QED) is 0.0205. The van der Waals surface area contributed by atoms with Gasteiger partial charge in [0.25, 0.3) is 0 Å². The molecule has 1 amide bonds. The third-order valence-electron chi connectivity index (χ3n) is 14.0. The summed E-state index contributed by atoms with van der Waals surface area (Å²) in [7, 11) is 0. The molecule has 2 fully saturated rings. The van der Waals surface area contributed by atoms with E-state index in [0.717, 1.165) is 77.0 Å². The number of unbranched alkanes of at least 4 members (excludes halogenated alkanes) is 24. The van der Waals surface area contributed by atoms with E-state index in [1.165, 1.54) is 109 Å². The zero-order valence-electron chi connectivity index (χ0n) is 45.4. The van der Waals surface area contributed by atoms with Gasteiger partial charge in [-0.3, -0.25) is 4.79 Å². The molecule has 14 heteroatoms. The molecule has 73 heavy (non-hydrogen) atoms. The lowest BCUT2D eigenvalue weighted by Gasteiger charge is -2.46. The Morgan fingerprint density at radius 1 is 0.507 bits per heavy atom. The van der Waals surface area contributed by atoms with Gasteiger partial charge in [-0.15, -0.1) is 0 Å². The van der Waals surface area contributed by atoms with Crippen LogP contribution in [0.1, 0.15) is 213 Å². The van der Waals surface area contributed by atoms with Crippen molar-refractivity contribution in [2.45, 2.75) is 286 Å². The number of amides is 1. The molecule has 2 heterocycles. The van der Waals surface area contributed by atoms with Crippen LogP contribution in [0.4, 0.5) is 0 Å². The standard InChI is InChI=1S/C59H105NO13/c1-3-5-7-9-11-12-13-14-15-16-17-18-19-20-21-22-23-24-25-26-27-28-29-30-31-32-33-34-35-36-37-39-41-43-51(64)60-47(48(63)42-40-38-10-8-6-4-2)46-70-58-56(69)54(67)57(50(45-62)72-58)73-59-55(68)53(66)52(65)49(44-61)71-59/h5,7,11-12,14-15,17-18,40,42,47-50,52-59,61-63,65-69H,3-4,6,8-10,13,16,19-39,41,43-46H2,1-2H3,(H,60,64)/b7-5-,12-11-,15-14-,18-17-,42-40+. The molecule has 0 radical (unpaired) electrons. The molecule has 0 aromatic rings. The molecule has 2 aliphatic heterocycles. The van der Waals surface area contributed by atoms with Crippen molar-refractivity contribution in [1.29, 1.82) is 0 Å². The van der Waals surface area contributed by atoms with Crippen LogP contribution in [0.5, 0.6) is 0 Å². The van der Waals surface area contributed by atoms with Crippen molar-refractivity contribution in [3.05, 3.63) is 60.8 Å². The van der Waals surface area contributed by atoms with Crippen molar-refractivity contribution < 1.29 is 64.6 Å². The minimum Gasteiger partial charge on any atom is -0.394 e. The average molecular weight is 1040 g/mol. The number of carbonyl (C=O) groups excluding carboxylic acids is 1. The Hall–Kier alpha value is -2.31. The van der Waals surface area contributed by atoms with E-state index in [9.17, 15) is 45.6 Å². The second-order valence-electron chi connectivity index (χ2n) is 20.4. The minimum absolute atomic E-state index is 0.245. The van der Waals surface area contributed by atoms with Crippen molar-refractivity contribution in [1.82, 2.24) is 5.32 Å². The third-order valence-corrected chi connectivity index (χ3v) is 14.0. The van der Waals surface area contributed by atoms with E-state index in [-0.39, 0.29) is 18.9 Å². The number of ether oxygens (including phenoxy) is 4. The fraction of sp³-hybridized carbons (Fsp3) is 0.814. The summed E-state index contributed by atoms with van der Waals surface area (Å²) in [4.78, 5) is 13.1. The van der Waals surface area contributed by atoms with Crippen molar-refractivity contribution in [3.8, 4) is 0 Å². The molecule has 12 atom stereocenters. The summed E-state index contributed by atoms with van der Waals surface area (Å²) in [6.45, 7) is 2.58. The van der Waals surface area contributed by atoms with Crippen molar-refractivity contribution >= 4 is 5.91 Å². The largest absolute Gasteiger partial charge is 0.394 e. The van der Waals surface area contributed by atoms with Gasteiger partial charge in [0.2, 0.25) is 5.91 Å². The highest BCUT2D eigenvalue weighted by Crippen LogP contribution is 2.30. The first kappa shape index (κ1) is 66.8. The number of aliphatic hydroxyl groups excluding tert-OH is 8. The first-order valence-electron chi connectivity index (χ1n) is 29.0. The molecule has 9 N–H and O–H groups in total. The van der Waals surface area contributed by atoms with E-state index in [0.29, 0.717) is 6.42 Å². The van der Waals surface area contributed by atoms with E-state index in [1.807, 2.05) is 6.08 Å². The smallest absolute Gasteiger partial charge is 0.220 e. The Balaban J connectivity index is 1.55. The molecule has 0 aromatic carbocycles. The van der Waals surface area contributed by atoms with Gasteiger partial charge >= 0.3 is 0 Å².